The van der Waals surface area contributed by atoms with E-state index in [1.165, 1.54) is 5.57 Å². The first-order valence-electron chi connectivity index (χ1n) is 5.67. The van der Waals surface area contributed by atoms with Gasteiger partial charge in [0.15, 0.2) is 0 Å². The molecule has 14 heavy (non-hydrogen) atoms. The molecule has 0 rings (SSSR count). The zero-order valence-corrected chi connectivity index (χ0v) is 10.4. The van der Waals surface area contributed by atoms with E-state index in [9.17, 15) is 0 Å². The van der Waals surface area contributed by atoms with Gasteiger partial charge in [-0.3, -0.25) is 0 Å². The summed E-state index contributed by atoms with van der Waals surface area (Å²) < 4.78 is 0. The van der Waals surface area contributed by atoms with E-state index in [0.717, 1.165) is 19.3 Å². The molecule has 0 aliphatic carbocycles. The average Bonchev–Trinajstić information content (AvgIpc) is 2.01. The zero-order valence-electron chi connectivity index (χ0n) is 10.4. The molecule has 1 unspecified atom stereocenters. The van der Waals surface area contributed by atoms with Crippen LogP contribution in [0.15, 0.2) is 11.6 Å². The second kappa shape index (κ2) is 6.23. The second-order valence-electron chi connectivity index (χ2n) is 5.50. The van der Waals surface area contributed by atoms with Crippen molar-refractivity contribution in [2.75, 3.05) is 6.61 Å². The summed E-state index contributed by atoms with van der Waals surface area (Å²) >= 11 is 0. The highest BCUT2D eigenvalue weighted by Crippen LogP contribution is 2.27. The van der Waals surface area contributed by atoms with Crippen molar-refractivity contribution in [1.82, 2.24) is 0 Å². The van der Waals surface area contributed by atoms with Crippen molar-refractivity contribution in [3.05, 3.63) is 11.6 Å². The van der Waals surface area contributed by atoms with Gasteiger partial charge in [-0.2, -0.15) is 0 Å². The van der Waals surface area contributed by atoms with Crippen LogP contribution in [0.4, 0.5) is 0 Å². The lowest BCUT2D eigenvalue weighted by Gasteiger charge is -2.22. The Morgan fingerprint density at radius 2 is 1.93 bits per heavy atom. The van der Waals surface area contributed by atoms with Gasteiger partial charge in [0.25, 0.3) is 0 Å². The summed E-state index contributed by atoms with van der Waals surface area (Å²) in [7, 11) is 0. The molecule has 0 spiro atoms. The van der Waals surface area contributed by atoms with Crippen LogP contribution in [-0.2, 0) is 0 Å². The van der Waals surface area contributed by atoms with Gasteiger partial charge in [0, 0.05) is 6.61 Å². The minimum Gasteiger partial charge on any atom is -0.396 e. The largest absolute Gasteiger partial charge is 0.396 e. The Balaban J connectivity index is 4.24. The lowest BCUT2D eigenvalue weighted by Crippen LogP contribution is -2.10. The highest BCUT2D eigenvalue weighted by Gasteiger charge is 2.14. The third kappa shape index (κ3) is 7.14. The first kappa shape index (κ1) is 13.7. The van der Waals surface area contributed by atoms with E-state index >= 15 is 0 Å². The summed E-state index contributed by atoms with van der Waals surface area (Å²) in [6.45, 7) is 11.4. The second-order valence-corrected chi connectivity index (χ2v) is 5.50. The third-order valence-corrected chi connectivity index (χ3v) is 2.17. The lowest BCUT2D eigenvalue weighted by molar-refractivity contribution is 0.234. The third-order valence-electron chi connectivity index (χ3n) is 2.17. The molecule has 0 aliphatic rings. The highest BCUT2D eigenvalue weighted by molar-refractivity contribution is 5.05. The molecular weight excluding hydrogens is 172 g/mol. The molecule has 0 aromatic heterocycles. The van der Waals surface area contributed by atoms with E-state index in [1.54, 1.807) is 0 Å². The van der Waals surface area contributed by atoms with Gasteiger partial charge < -0.3 is 5.11 Å². The number of aliphatic hydroxyl groups excluding tert-OH is 1. The Morgan fingerprint density at radius 1 is 1.36 bits per heavy atom. The molecule has 0 bridgehead atoms. The number of hydrogen-bond acceptors (Lipinski definition) is 1. The summed E-state index contributed by atoms with van der Waals surface area (Å²) in [5, 5.41) is 9.02. The topological polar surface area (TPSA) is 20.2 Å². The maximum Gasteiger partial charge on any atom is 0.0459 e. The molecule has 0 heterocycles. The Morgan fingerprint density at radius 3 is 2.29 bits per heavy atom. The first-order chi connectivity index (χ1) is 6.39. The predicted molar refractivity (Wildman–Crippen MR) is 63.3 cm³/mol. The van der Waals surface area contributed by atoms with Crippen molar-refractivity contribution in [2.24, 2.45) is 11.3 Å². The van der Waals surface area contributed by atoms with Crippen molar-refractivity contribution >= 4 is 0 Å². The molecule has 0 amide bonds. The summed E-state index contributed by atoms with van der Waals surface area (Å²) in [6, 6.07) is 0. The summed E-state index contributed by atoms with van der Waals surface area (Å²) in [6.07, 6.45) is 5.60. The lowest BCUT2D eigenvalue weighted by atomic mass is 9.84. The Hall–Kier alpha value is -0.300. The Labute approximate surface area is 89.2 Å². The van der Waals surface area contributed by atoms with Crippen LogP contribution in [0.5, 0.6) is 0 Å². The summed E-state index contributed by atoms with van der Waals surface area (Å²) in [5.74, 6) is 0.398. The van der Waals surface area contributed by atoms with Crippen LogP contribution >= 0.6 is 0 Å². The van der Waals surface area contributed by atoms with E-state index in [0.29, 0.717) is 17.9 Å². The smallest absolute Gasteiger partial charge is 0.0459 e. The van der Waals surface area contributed by atoms with Crippen LogP contribution in [0, 0.1) is 11.3 Å². The number of rotatable bonds is 5. The van der Waals surface area contributed by atoms with Crippen LogP contribution in [0.2, 0.25) is 0 Å². The molecule has 1 heteroatoms. The molecule has 1 nitrogen and oxygen atoms in total. The fraction of sp³-hybridized carbons (Fsp3) is 0.846. The van der Waals surface area contributed by atoms with Gasteiger partial charge in [0.1, 0.15) is 0 Å². The molecule has 0 fully saturated rings. The Bertz CT molecular complexity index is 174. The quantitative estimate of drug-likeness (QED) is 0.667. The number of aliphatic hydroxyl groups is 1. The highest BCUT2D eigenvalue weighted by atomic mass is 16.3. The van der Waals surface area contributed by atoms with Gasteiger partial charge in [-0.05, 0) is 30.6 Å². The standard InChI is InChI=1S/C13H26O/c1-6-7-12(8-11(2)10-14)9-13(3,4)5/h7,11,14H,6,8-10H2,1-5H3/b12-7-. The van der Waals surface area contributed by atoms with Crippen molar-refractivity contribution in [3.63, 3.8) is 0 Å². The Kier molecular flexibility index (Phi) is 6.10. The molecule has 84 valence electrons. The van der Waals surface area contributed by atoms with Crippen molar-refractivity contribution in [1.29, 1.82) is 0 Å². The van der Waals surface area contributed by atoms with Crippen LogP contribution in [-0.4, -0.2) is 11.7 Å². The number of hydrogen-bond donors (Lipinski definition) is 1. The van der Waals surface area contributed by atoms with E-state index in [2.05, 4.69) is 40.7 Å². The first-order valence-corrected chi connectivity index (χ1v) is 5.67. The van der Waals surface area contributed by atoms with Gasteiger partial charge in [-0.1, -0.05) is 46.3 Å². The van der Waals surface area contributed by atoms with Gasteiger partial charge in [0.05, 0.1) is 0 Å². The molecule has 0 radical (unpaired) electrons. The fourth-order valence-electron chi connectivity index (χ4n) is 1.71. The summed E-state index contributed by atoms with van der Waals surface area (Å²) in [5.41, 5.74) is 1.86. The minimum absolute atomic E-state index is 0.297. The molecule has 1 N–H and O–H groups in total. The van der Waals surface area contributed by atoms with Crippen molar-refractivity contribution in [2.45, 2.75) is 53.9 Å². The van der Waals surface area contributed by atoms with Crippen LogP contribution in [0.1, 0.15) is 53.9 Å². The van der Waals surface area contributed by atoms with Crippen molar-refractivity contribution < 1.29 is 5.11 Å². The zero-order chi connectivity index (χ0) is 11.2. The van der Waals surface area contributed by atoms with Crippen LogP contribution < -0.4 is 0 Å². The maximum absolute atomic E-state index is 9.02. The normalized spacial score (nSPS) is 15.7. The molecule has 0 aliphatic heterocycles. The molecular formula is C13H26O. The van der Waals surface area contributed by atoms with Crippen LogP contribution in [0.25, 0.3) is 0 Å². The average molecular weight is 198 g/mol. The van der Waals surface area contributed by atoms with E-state index in [1.807, 2.05) is 0 Å². The van der Waals surface area contributed by atoms with Crippen molar-refractivity contribution in [3.8, 4) is 0 Å². The number of allylic oxidation sites excluding steroid dienone is 2. The van der Waals surface area contributed by atoms with E-state index in [4.69, 9.17) is 5.11 Å². The van der Waals surface area contributed by atoms with E-state index in [-0.39, 0.29) is 0 Å². The molecule has 0 saturated carbocycles. The minimum atomic E-state index is 0.297. The SMILES string of the molecule is CC/C=C(/CC(C)CO)CC(C)(C)C. The summed E-state index contributed by atoms with van der Waals surface area (Å²) in [4.78, 5) is 0. The fourth-order valence-corrected chi connectivity index (χ4v) is 1.71. The predicted octanol–water partition coefficient (Wildman–Crippen LogP) is 3.78. The molecule has 0 saturated heterocycles. The van der Waals surface area contributed by atoms with Crippen LogP contribution in [0.3, 0.4) is 0 Å². The molecule has 0 aromatic rings. The van der Waals surface area contributed by atoms with E-state index < -0.39 is 0 Å². The monoisotopic (exact) mass is 198 g/mol. The molecule has 1 atom stereocenters. The van der Waals surface area contributed by atoms with Gasteiger partial charge in [-0.25, -0.2) is 0 Å². The van der Waals surface area contributed by atoms with Gasteiger partial charge in [-0.15, -0.1) is 0 Å². The maximum atomic E-state index is 9.02. The molecule has 0 aromatic carbocycles. The van der Waals surface area contributed by atoms with Gasteiger partial charge in [0.2, 0.25) is 0 Å². The van der Waals surface area contributed by atoms with Gasteiger partial charge >= 0.3 is 0 Å².